The summed E-state index contributed by atoms with van der Waals surface area (Å²) < 4.78 is 5.24. The zero-order valence-electron chi connectivity index (χ0n) is 12.4. The zero-order valence-corrected chi connectivity index (χ0v) is 12.4. The van der Waals surface area contributed by atoms with E-state index in [-0.39, 0.29) is 18.7 Å². The summed E-state index contributed by atoms with van der Waals surface area (Å²) >= 11 is 0. The van der Waals surface area contributed by atoms with Crippen molar-refractivity contribution in [3.8, 4) is 5.75 Å². The van der Waals surface area contributed by atoms with Crippen LogP contribution in [0.5, 0.6) is 5.75 Å². The molecule has 3 heteroatoms. The third kappa shape index (κ3) is 3.30. The van der Waals surface area contributed by atoms with Gasteiger partial charge in [0.25, 0.3) is 0 Å². The molecule has 0 aromatic heterocycles. The number of aliphatic hydroxyl groups excluding tert-OH is 1. The molecule has 0 aliphatic rings. The van der Waals surface area contributed by atoms with E-state index in [0.29, 0.717) is 0 Å². The van der Waals surface area contributed by atoms with Crippen LogP contribution in [0.25, 0.3) is 10.8 Å². The molecule has 3 nitrogen and oxygen atoms in total. The van der Waals surface area contributed by atoms with Crippen LogP contribution in [0.2, 0.25) is 0 Å². The standard InChI is InChI=1S/C17H23NO2/c1-4-16(11-19)18-12(2)13-5-6-15-10-17(20-3)8-7-14(15)9-13/h5-10,12,16,18-19H,4,11H2,1-3H3. The summed E-state index contributed by atoms with van der Waals surface area (Å²) in [6.07, 6.45) is 0.922. The van der Waals surface area contributed by atoms with Gasteiger partial charge in [-0.05, 0) is 47.9 Å². The molecule has 2 aromatic rings. The van der Waals surface area contributed by atoms with Crippen molar-refractivity contribution in [3.05, 3.63) is 42.0 Å². The van der Waals surface area contributed by atoms with Gasteiger partial charge in [-0.2, -0.15) is 0 Å². The molecule has 0 saturated carbocycles. The molecule has 2 unspecified atom stereocenters. The summed E-state index contributed by atoms with van der Waals surface area (Å²) in [5.41, 5.74) is 1.23. The van der Waals surface area contributed by atoms with Crippen LogP contribution in [-0.2, 0) is 0 Å². The Hall–Kier alpha value is -1.58. The Morgan fingerprint density at radius 2 is 1.85 bits per heavy atom. The first kappa shape index (κ1) is 14.8. The maximum absolute atomic E-state index is 9.27. The average molecular weight is 273 g/mol. The van der Waals surface area contributed by atoms with Gasteiger partial charge in [0.1, 0.15) is 5.75 Å². The second kappa shape index (κ2) is 6.73. The van der Waals surface area contributed by atoms with Crippen LogP contribution in [0.4, 0.5) is 0 Å². The number of benzene rings is 2. The first-order valence-corrected chi connectivity index (χ1v) is 7.12. The van der Waals surface area contributed by atoms with Crippen molar-refractivity contribution >= 4 is 10.8 Å². The summed E-state index contributed by atoms with van der Waals surface area (Å²) in [5.74, 6) is 0.878. The van der Waals surface area contributed by atoms with Gasteiger partial charge in [-0.1, -0.05) is 25.1 Å². The highest BCUT2D eigenvalue weighted by atomic mass is 16.5. The Morgan fingerprint density at radius 1 is 1.15 bits per heavy atom. The van der Waals surface area contributed by atoms with Crippen molar-refractivity contribution in [2.24, 2.45) is 0 Å². The van der Waals surface area contributed by atoms with Gasteiger partial charge in [0, 0.05) is 12.1 Å². The van der Waals surface area contributed by atoms with E-state index in [4.69, 9.17) is 4.74 Å². The molecule has 0 aliphatic heterocycles. The Kier molecular flexibility index (Phi) is 4.99. The van der Waals surface area contributed by atoms with Crippen LogP contribution < -0.4 is 10.1 Å². The minimum atomic E-state index is 0.150. The van der Waals surface area contributed by atoms with Crippen LogP contribution in [-0.4, -0.2) is 24.9 Å². The minimum absolute atomic E-state index is 0.150. The number of methoxy groups -OCH3 is 1. The fourth-order valence-corrected chi connectivity index (χ4v) is 2.39. The van der Waals surface area contributed by atoms with Crippen LogP contribution in [0.3, 0.4) is 0 Å². The highest BCUT2D eigenvalue weighted by Crippen LogP contribution is 2.24. The smallest absolute Gasteiger partial charge is 0.119 e. The van der Waals surface area contributed by atoms with Crippen molar-refractivity contribution in [1.82, 2.24) is 5.32 Å². The van der Waals surface area contributed by atoms with Crippen LogP contribution >= 0.6 is 0 Å². The lowest BCUT2D eigenvalue weighted by Gasteiger charge is -2.21. The molecule has 0 amide bonds. The van der Waals surface area contributed by atoms with Gasteiger partial charge < -0.3 is 15.2 Å². The quantitative estimate of drug-likeness (QED) is 0.848. The number of hydrogen-bond acceptors (Lipinski definition) is 3. The van der Waals surface area contributed by atoms with E-state index in [2.05, 4.69) is 43.4 Å². The molecule has 0 bridgehead atoms. The summed E-state index contributed by atoms with van der Waals surface area (Å²) in [6.45, 7) is 4.38. The molecule has 2 N–H and O–H groups in total. The van der Waals surface area contributed by atoms with Crippen LogP contribution in [0.15, 0.2) is 36.4 Å². The Morgan fingerprint density at radius 3 is 2.50 bits per heavy atom. The fourth-order valence-electron chi connectivity index (χ4n) is 2.39. The predicted octanol–water partition coefficient (Wildman–Crippen LogP) is 3.27. The topological polar surface area (TPSA) is 41.5 Å². The van der Waals surface area contributed by atoms with Crippen molar-refractivity contribution in [2.75, 3.05) is 13.7 Å². The molecule has 20 heavy (non-hydrogen) atoms. The van der Waals surface area contributed by atoms with Crippen LogP contribution in [0.1, 0.15) is 31.9 Å². The highest BCUT2D eigenvalue weighted by molar-refractivity contribution is 5.84. The second-order valence-electron chi connectivity index (χ2n) is 5.15. The van der Waals surface area contributed by atoms with E-state index in [0.717, 1.165) is 12.2 Å². The van der Waals surface area contributed by atoms with Crippen molar-refractivity contribution in [1.29, 1.82) is 0 Å². The maximum atomic E-state index is 9.27. The van der Waals surface area contributed by atoms with E-state index in [1.165, 1.54) is 16.3 Å². The molecular weight excluding hydrogens is 250 g/mol. The molecule has 0 spiro atoms. The molecule has 0 saturated heterocycles. The first-order chi connectivity index (χ1) is 9.67. The molecule has 108 valence electrons. The lowest BCUT2D eigenvalue weighted by molar-refractivity contribution is 0.230. The zero-order chi connectivity index (χ0) is 14.5. The third-order valence-electron chi connectivity index (χ3n) is 3.77. The molecule has 2 aromatic carbocycles. The van der Waals surface area contributed by atoms with E-state index >= 15 is 0 Å². The van der Waals surface area contributed by atoms with Crippen molar-refractivity contribution in [3.63, 3.8) is 0 Å². The Bertz CT molecular complexity index is 564. The summed E-state index contributed by atoms with van der Waals surface area (Å²) in [6, 6.07) is 12.9. The molecule has 0 radical (unpaired) electrons. The number of hydrogen-bond donors (Lipinski definition) is 2. The number of fused-ring (bicyclic) bond motifs is 1. The maximum Gasteiger partial charge on any atom is 0.119 e. The number of rotatable bonds is 6. The van der Waals surface area contributed by atoms with Gasteiger partial charge in [0.2, 0.25) is 0 Å². The molecule has 0 aliphatic carbocycles. The van der Waals surface area contributed by atoms with Gasteiger partial charge in [-0.15, -0.1) is 0 Å². The average Bonchev–Trinajstić information content (AvgIpc) is 2.51. The largest absolute Gasteiger partial charge is 0.497 e. The Labute approximate surface area is 120 Å². The fraction of sp³-hybridized carbons (Fsp3) is 0.412. The van der Waals surface area contributed by atoms with Crippen molar-refractivity contribution in [2.45, 2.75) is 32.4 Å². The lowest BCUT2D eigenvalue weighted by atomic mass is 10.0. The van der Waals surface area contributed by atoms with Crippen molar-refractivity contribution < 1.29 is 9.84 Å². The molecule has 0 heterocycles. The van der Waals surface area contributed by atoms with Gasteiger partial charge in [-0.25, -0.2) is 0 Å². The van der Waals surface area contributed by atoms with Gasteiger partial charge in [0.15, 0.2) is 0 Å². The van der Waals surface area contributed by atoms with Gasteiger partial charge in [0.05, 0.1) is 13.7 Å². The second-order valence-corrected chi connectivity index (χ2v) is 5.15. The van der Waals surface area contributed by atoms with E-state index in [1.54, 1.807) is 7.11 Å². The lowest BCUT2D eigenvalue weighted by Crippen LogP contribution is -2.33. The van der Waals surface area contributed by atoms with E-state index in [1.807, 2.05) is 12.1 Å². The first-order valence-electron chi connectivity index (χ1n) is 7.12. The molecule has 2 rings (SSSR count). The van der Waals surface area contributed by atoms with E-state index < -0.39 is 0 Å². The predicted molar refractivity (Wildman–Crippen MR) is 83.2 cm³/mol. The monoisotopic (exact) mass is 273 g/mol. The molecule has 0 fully saturated rings. The third-order valence-corrected chi connectivity index (χ3v) is 3.77. The Balaban J connectivity index is 2.22. The number of aliphatic hydroxyl groups is 1. The van der Waals surface area contributed by atoms with E-state index in [9.17, 15) is 5.11 Å². The normalized spacial score (nSPS) is 14.2. The molecular formula is C17H23NO2. The summed E-state index contributed by atoms with van der Waals surface area (Å²) in [7, 11) is 1.68. The van der Waals surface area contributed by atoms with Gasteiger partial charge >= 0.3 is 0 Å². The highest BCUT2D eigenvalue weighted by Gasteiger charge is 2.11. The number of ether oxygens (including phenoxy) is 1. The summed E-state index contributed by atoms with van der Waals surface area (Å²) in [5, 5.41) is 15.1. The van der Waals surface area contributed by atoms with Gasteiger partial charge in [-0.3, -0.25) is 0 Å². The SMILES string of the molecule is CCC(CO)NC(C)c1ccc2cc(OC)ccc2c1. The number of nitrogens with one attached hydrogen (secondary N) is 1. The molecule has 2 atom stereocenters. The van der Waals surface area contributed by atoms with Crippen LogP contribution in [0, 0.1) is 0 Å². The minimum Gasteiger partial charge on any atom is -0.497 e. The summed E-state index contributed by atoms with van der Waals surface area (Å²) in [4.78, 5) is 0.